The highest BCUT2D eigenvalue weighted by Gasteiger charge is 2.51. The van der Waals surface area contributed by atoms with Crippen LogP contribution in [0.2, 0.25) is 0 Å². The van der Waals surface area contributed by atoms with E-state index in [0.717, 1.165) is 22.2 Å². The van der Waals surface area contributed by atoms with Gasteiger partial charge >= 0.3 is 0 Å². The minimum absolute atomic E-state index is 0.125. The lowest BCUT2D eigenvalue weighted by molar-refractivity contribution is -0.0299. The quantitative estimate of drug-likeness (QED) is 0.577. The molecule has 0 saturated heterocycles. The number of hydrogen-bond acceptors (Lipinski definition) is 1. The topological polar surface area (TPSA) is 9.23 Å². The Morgan fingerprint density at radius 3 is 2.75 bits per heavy atom. The van der Waals surface area contributed by atoms with Gasteiger partial charge in [0.1, 0.15) is 11.9 Å². The number of hydrogen-bond donors (Lipinski definition) is 0. The molecule has 3 unspecified atom stereocenters. The highest BCUT2D eigenvalue weighted by molar-refractivity contribution is 14.1. The second-order valence-electron chi connectivity index (χ2n) is 4.60. The molecule has 3 atom stereocenters. The number of para-hydroxylation sites is 1. The molecule has 2 rings (SSSR count). The molecule has 0 heterocycles. The maximum Gasteiger partial charge on any atom is 0.133 e. The van der Waals surface area contributed by atoms with Crippen LogP contribution in [0.4, 0.5) is 0 Å². The Morgan fingerprint density at radius 1 is 1.50 bits per heavy atom. The van der Waals surface area contributed by atoms with E-state index in [0.29, 0.717) is 0 Å². The van der Waals surface area contributed by atoms with Crippen molar-refractivity contribution in [1.82, 2.24) is 0 Å². The highest BCUT2D eigenvalue weighted by atomic mass is 127. The number of halogens is 2. The van der Waals surface area contributed by atoms with Crippen LogP contribution in [0.25, 0.3) is 0 Å². The van der Waals surface area contributed by atoms with Crippen molar-refractivity contribution < 1.29 is 4.74 Å². The monoisotopic (exact) mass is 350 g/mol. The smallest absolute Gasteiger partial charge is 0.133 e. The lowest BCUT2D eigenvalue weighted by Gasteiger charge is -2.50. The minimum Gasteiger partial charge on any atom is -0.489 e. The average Bonchev–Trinajstić information content (AvgIpc) is 2.30. The Hall–Kier alpha value is 0.0400. The van der Waals surface area contributed by atoms with Crippen molar-refractivity contribution in [1.29, 1.82) is 0 Å². The molecular weight excluding hydrogens is 334 g/mol. The molecule has 1 aromatic carbocycles. The van der Waals surface area contributed by atoms with Gasteiger partial charge in [0.2, 0.25) is 0 Å². The van der Waals surface area contributed by atoms with Crippen LogP contribution < -0.4 is 4.74 Å². The molecule has 0 aromatic heterocycles. The zero-order chi connectivity index (χ0) is 11.8. The van der Waals surface area contributed by atoms with E-state index in [9.17, 15) is 0 Å². The first-order valence-electron chi connectivity index (χ1n) is 5.63. The van der Waals surface area contributed by atoms with Gasteiger partial charge in [0.05, 0.1) is 3.57 Å². The third kappa shape index (κ3) is 2.06. The van der Waals surface area contributed by atoms with Crippen LogP contribution in [0, 0.1) is 8.99 Å². The summed E-state index contributed by atoms with van der Waals surface area (Å²) in [5, 5.41) is 0.254. The van der Waals surface area contributed by atoms with E-state index in [4.69, 9.17) is 16.3 Å². The first-order valence-corrected chi connectivity index (χ1v) is 7.14. The summed E-state index contributed by atoms with van der Waals surface area (Å²) in [5.74, 6) is 0.983. The maximum absolute atomic E-state index is 6.28. The van der Waals surface area contributed by atoms with Crippen molar-refractivity contribution >= 4 is 34.2 Å². The third-order valence-corrected chi connectivity index (χ3v) is 5.31. The summed E-state index contributed by atoms with van der Waals surface area (Å²) in [7, 11) is 0. The summed E-state index contributed by atoms with van der Waals surface area (Å²) in [4.78, 5) is 0. The molecule has 1 nitrogen and oxygen atoms in total. The van der Waals surface area contributed by atoms with Gasteiger partial charge in [-0.2, -0.15) is 0 Å². The van der Waals surface area contributed by atoms with E-state index >= 15 is 0 Å². The van der Waals surface area contributed by atoms with Crippen molar-refractivity contribution in [2.24, 2.45) is 5.41 Å². The van der Waals surface area contributed by atoms with Gasteiger partial charge in [0, 0.05) is 17.2 Å². The minimum atomic E-state index is 0.125. The maximum atomic E-state index is 6.28. The fraction of sp³-hybridized carbons (Fsp3) is 0.538. The van der Waals surface area contributed by atoms with Gasteiger partial charge < -0.3 is 4.74 Å². The van der Waals surface area contributed by atoms with Crippen LogP contribution in [-0.4, -0.2) is 11.5 Å². The highest BCUT2D eigenvalue weighted by Crippen LogP contribution is 2.49. The van der Waals surface area contributed by atoms with Crippen molar-refractivity contribution in [3.63, 3.8) is 0 Å². The molecule has 1 aliphatic carbocycles. The molecule has 0 bridgehead atoms. The Bertz CT molecular complexity index is 382. The lowest BCUT2D eigenvalue weighted by Crippen LogP contribution is -2.55. The second kappa shape index (κ2) is 4.73. The van der Waals surface area contributed by atoms with Crippen LogP contribution in [0.1, 0.15) is 26.7 Å². The molecule has 3 heteroatoms. The molecular formula is C13H16ClIO. The number of benzene rings is 1. The van der Waals surface area contributed by atoms with Crippen molar-refractivity contribution in [3.05, 3.63) is 27.8 Å². The van der Waals surface area contributed by atoms with Crippen molar-refractivity contribution in [2.45, 2.75) is 38.2 Å². The molecule has 1 aliphatic rings. The zero-order valence-corrected chi connectivity index (χ0v) is 12.5. The molecule has 0 radical (unpaired) electrons. The molecule has 1 fully saturated rings. The number of alkyl halides is 1. The first kappa shape index (κ1) is 12.5. The van der Waals surface area contributed by atoms with Crippen molar-refractivity contribution in [3.8, 4) is 5.75 Å². The van der Waals surface area contributed by atoms with Gasteiger partial charge in [-0.05, 0) is 41.1 Å². The normalized spacial score (nSPS) is 33.2. The van der Waals surface area contributed by atoms with E-state index in [1.54, 1.807) is 0 Å². The van der Waals surface area contributed by atoms with E-state index < -0.39 is 0 Å². The fourth-order valence-corrected chi connectivity index (χ4v) is 3.06. The fourth-order valence-electron chi connectivity index (χ4n) is 2.09. The summed E-state index contributed by atoms with van der Waals surface area (Å²) in [5.41, 5.74) is 0.125. The molecule has 88 valence electrons. The Morgan fingerprint density at radius 2 is 2.19 bits per heavy atom. The van der Waals surface area contributed by atoms with Gasteiger partial charge in [-0.15, -0.1) is 11.6 Å². The number of ether oxygens (including phenoxy) is 1. The lowest BCUT2D eigenvalue weighted by atomic mass is 9.65. The third-order valence-electron chi connectivity index (χ3n) is 3.74. The molecule has 1 saturated carbocycles. The Kier molecular flexibility index (Phi) is 3.69. The van der Waals surface area contributed by atoms with Gasteiger partial charge in [0.15, 0.2) is 0 Å². The van der Waals surface area contributed by atoms with Crippen LogP contribution >= 0.6 is 34.2 Å². The van der Waals surface area contributed by atoms with Crippen LogP contribution in [0.5, 0.6) is 5.75 Å². The molecule has 0 aliphatic heterocycles. The average molecular weight is 351 g/mol. The summed E-state index contributed by atoms with van der Waals surface area (Å²) in [6.07, 6.45) is 2.28. The Balaban J connectivity index is 2.10. The second-order valence-corrected chi connectivity index (χ2v) is 6.29. The molecule has 16 heavy (non-hydrogen) atoms. The molecule has 1 aromatic rings. The van der Waals surface area contributed by atoms with E-state index in [2.05, 4.69) is 42.5 Å². The van der Waals surface area contributed by atoms with Crippen LogP contribution in [0.15, 0.2) is 24.3 Å². The van der Waals surface area contributed by atoms with Gasteiger partial charge in [-0.3, -0.25) is 0 Å². The summed E-state index contributed by atoms with van der Waals surface area (Å²) in [6, 6.07) is 8.13. The van der Waals surface area contributed by atoms with Gasteiger partial charge in [-0.25, -0.2) is 0 Å². The first-order chi connectivity index (χ1) is 7.58. The van der Waals surface area contributed by atoms with E-state index in [1.807, 2.05) is 18.2 Å². The SMILES string of the molecule is CCC1(C)C(Cl)CC1Oc1ccccc1I. The van der Waals surface area contributed by atoms with Crippen LogP contribution in [0.3, 0.4) is 0 Å². The Labute approximate surface area is 116 Å². The molecule has 0 amide bonds. The molecule has 0 spiro atoms. The number of rotatable bonds is 3. The summed E-state index contributed by atoms with van der Waals surface area (Å²) in [6.45, 7) is 4.40. The largest absolute Gasteiger partial charge is 0.489 e. The van der Waals surface area contributed by atoms with Gasteiger partial charge in [-0.1, -0.05) is 26.0 Å². The predicted octanol–water partition coefficient (Wildman–Crippen LogP) is 4.47. The van der Waals surface area contributed by atoms with Crippen LogP contribution in [-0.2, 0) is 0 Å². The summed E-state index contributed by atoms with van der Waals surface area (Å²) >= 11 is 8.58. The zero-order valence-electron chi connectivity index (χ0n) is 9.54. The predicted molar refractivity (Wildman–Crippen MR) is 76.2 cm³/mol. The van der Waals surface area contributed by atoms with E-state index in [-0.39, 0.29) is 16.9 Å². The van der Waals surface area contributed by atoms with E-state index in [1.165, 1.54) is 0 Å². The summed E-state index contributed by atoms with van der Waals surface area (Å²) < 4.78 is 7.23. The molecule has 0 N–H and O–H groups in total. The van der Waals surface area contributed by atoms with Gasteiger partial charge in [0.25, 0.3) is 0 Å². The standard InChI is InChI=1S/C13H16ClIO/c1-3-13(2)11(14)8-12(13)16-10-7-5-4-6-9(10)15/h4-7,11-12H,3,8H2,1-2H3. The van der Waals surface area contributed by atoms with Crippen molar-refractivity contribution in [2.75, 3.05) is 0 Å².